The van der Waals surface area contributed by atoms with E-state index >= 15 is 0 Å². The number of hydrogen-bond acceptors (Lipinski definition) is 4. The number of fused-ring (bicyclic) bond motifs is 1. The lowest BCUT2D eigenvalue weighted by Crippen LogP contribution is -2.25. The molecule has 110 valence electrons. The predicted octanol–water partition coefficient (Wildman–Crippen LogP) is 2.19. The lowest BCUT2D eigenvalue weighted by atomic mass is 10.1. The molecule has 0 fully saturated rings. The second-order valence-corrected chi connectivity index (χ2v) is 7.09. The summed E-state index contributed by atoms with van der Waals surface area (Å²) in [5.74, 6) is -0.162. The fourth-order valence-corrected chi connectivity index (χ4v) is 3.93. The molecule has 0 bridgehead atoms. The van der Waals surface area contributed by atoms with Gasteiger partial charge in [0.25, 0.3) is 0 Å². The van der Waals surface area contributed by atoms with E-state index < -0.39 is 21.8 Å². The normalized spacial score (nSPS) is 17.3. The Labute approximate surface area is 122 Å². The van der Waals surface area contributed by atoms with Crippen molar-refractivity contribution in [3.05, 3.63) is 53.8 Å². The van der Waals surface area contributed by atoms with E-state index in [1.165, 1.54) is 6.07 Å². The van der Waals surface area contributed by atoms with Crippen molar-refractivity contribution in [3.8, 4) is 5.75 Å². The van der Waals surface area contributed by atoms with Gasteiger partial charge in [0, 0.05) is 12.1 Å². The third kappa shape index (κ3) is 2.85. The smallest absolute Gasteiger partial charge is 0.182 e. The van der Waals surface area contributed by atoms with E-state index in [4.69, 9.17) is 10.5 Å². The Morgan fingerprint density at radius 3 is 2.71 bits per heavy atom. The molecule has 4 nitrogen and oxygen atoms in total. The molecule has 0 saturated carbocycles. The minimum Gasteiger partial charge on any atom is -0.489 e. The first-order chi connectivity index (χ1) is 9.94. The number of sulfone groups is 1. The number of anilines is 1. The number of hydrogen-bond donors (Lipinski definition) is 1. The first-order valence-electron chi connectivity index (χ1n) is 6.47. The van der Waals surface area contributed by atoms with Crippen LogP contribution in [0.25, 0.3) is 0 Å². The second-order valence-electron chi connectivity index (χ2n) is 5.05. The van der Waals surface area contributed by atoms with Gasteiger partial charge in [0.15, 0.2) is 9.84 Å². The molecule has 1 unspecified atom stereocenters. The van der Waals surface area contributed by atoms with Crippen LogP contribution in [0.3, 0.4) is 0 Å². The maximum atomic E-state index is 13.3. The van der Waals surface area contributed by atoms with E-state index in [2.05, 4.69) is 0 Å². The van der Waals surface area contributed by atoms with Crippen LogP contribution in [0, 0.1) is 5.82 Å². The third-order valence-electron chi connectivity index (χ3n) is 3.37. The summed E-state index contributed by atoms with van der Waals surface area (Å²) < 4.78 is 43.6. The minimum absolute atomic E-state index is 0.0872. The topological polar surface area (TPSA) is 69.4 Å². The molecular formula is C15H14FNO3S. The van der Waals surface area contributed by atoms with Gasteiger partial charge in [-0.3, -0.25) is 0 Å². The van der Waals surface area contributed by atoms with Crippen LogP contribution in [0.5, 0.6) is 5.75 Å². The van der Waals surface area contributed by atoms with Gasteiger partial charge in [-0.2, -0.15) is 0 Å². The van der Waals surface area contributed by atoms with Crippen molar-refractivity contribution in [1.82, 2.24) is 0 Å². The highest BCUT2D eigenvalue weighted by molar-refractivity contribution is 7.91. The minimum atomic E-state index is -3.65. The first-order valence-corrected chi connectivity index (χ1v) is 8.13. The van der Waals surface area contributed by atoms with E-state index in [1.807, 2.05) is 24.3 Å². The number of halogens is 1. The van der Waals surface area contributed by atoms with Crippen LogP contribution in [-0.2, 0) is 16.3 Å². The Morgan fingerprint density at radius 2 is 2.00 bits per heavy atom. The van der Waals surface area contributed by atoms with Crippen molar-refractivity contribution in [2.45, 2.75) is 17.4 Å². The molecule has 3 rings (SSSR count). The predicted molar refractivity (Wildman–Crippen MR) is 77.4 cm³/mol. The van der Waals surface area contributed by atoms with Gasteiger partial charge in [-0.25, -0.2) is 12.8 Å². The van der Waals surface area contributed by atoms with Gasteiger partial charge < -0.3 is 10.5 Å². The van der Waals surface area contributed by atoms with Gasteiger partial charge >= 0.3 is 0 Å². The molecule has 0 amide bonds. The van der Waals surface area contributed by atoms with Gasteiger partial charge in [-0.05, 0) is 29.8 Å². The summed E-state index contributed by atoms with van der Waals surface area (Å²) in [6.07, 6.45) is 0.0668. The molecule has 6 heteroatoms. The number of para-hydroxylation sites is 1. The lowest BCUT2D eigenvalue weighted by Gasteiger charge is -2.12. The van der Waals surface area contributed by atoms with Crippen molar-refractivity contribution in [2.24, 2.45) is 0 Å². The molecule has 2 aromatic rings. The molecular weight excluding hydrogens is 293 g/mol. The number of benzene rings is 2. The lowest BCUT2D eigenvalue weighted by molar-refractivity contribution is 0.256. The average molecular weight is 307 g/mol. The molecule has 0 radical (unpaired) electrons. The van der Waals surface area contributed by atoms with E-state index in [9.17, 15) is 12.8 Å². The van der Waals surface area contributed by atoms with Crippen LogP contribution < -0.4 is 10.5 Å². The molecule has 0 aliphatic carbocycles. The van der Waals surface area contributed by atoms with Gasteiger partial charge in [0.2, 0.25) is 0 Å². The highest BCUT2D eigenvalue weighted by Gasteiger charge is 2.29. The molecule has 21 heavy (non-hydrogen) atoms. The summed E-state index contributed by atoms with van der Waals surface area (Å²) in [6, 6.07) is 10.8. The van der Waals surface area contributed by atoms with Crippen LogP contribution in [0.1, 0.15) is 5.56 Å². The highest BCUT2D eigenvalue weighted by atomic mass is 32.2. The van der Waals surface area contributed by atoms with Gasteiger partial charge in [-0.1, -0.05) is 18.2 Å². The summed E-state index contributed by atoms with van der Waals surface area (Å²) in [5.41, 5.74) is 6.57. The standard InChI is InChI=1S/C15H14FNO3S/c16-11-6-12(17)8-14(7-11)21(18,19)9-13-5-10-3-1-2-4-15(10)20-13/h1-4,6-8,13H,5,9,17H2. The van der Waals surface area contributed by atoms with Crippen molar-refractivity contribution in [3.63, 3.8) is 0 Å². The zero-order valence-corrected chi connectivity index (χ0v) is 11.9. The Bertz CT molecular complexity index is 744. The summed E-state index contributed by atoms with van der Waals surface area (Å²) in [6.45, 7) is 0. The monoisotopic (exact) mass is 307 g/mol. The van der Waals surface area contributed by atoms with Crippen LogP contribution in [0.4, 0.5) is 10.1 Å². The van der Waals surface area contributed by atoms with E-state index in [0.29, 0.717) is 12.2 Å². The largest absolute Gasteiger partial charge is 0.489 e. The number of nitrogen functional groups attached to an aromatic ring is 1. The Hall–Kier alpha value is -2.08. The first kappa shape index (κ1) is 13.9. The van der Waals surface area contributed by atoms with E-state index in [1.54, 1.807) is 0 Å². The van der Waals surface area contributed by atoms with Crippen LogP contribution >= 0.6 is 0 Å². The van der Waals surface area contributed by atoms with Gasteiger partial charge in [0.1, 0.15) is 17.7 Å². The highest BCUT2D eigenvalue weighted by Crippen LogP contribution is 2.30. The molecule has 1 aliphatic rings. The SMILES string of the molecule is Nc1cc(F)cc(S(=O)(=O)CC2Cc3ccccc3O2)c1. The summed E-state index contributed by atoms with van der Waals surface area (Å²) >= 11 is 0. The molecule has 1 heterocycles. The Morgan fingerprint density at radius 1 is 1.24 bits per heavy atom. The van der Waals surface area contributed by atoms with Gasteiger partial charge in [-0.15, -0.1) is 0 Å². The summed E-state index contributed by atoms with van der Waals surface area (Å²) in [5, 5.41) is 0. The van der Waals surface area contributed by atoms with Crippen molar-refractivity contribution in [2.75, 3.05) is 11.5 Å². The second kappa shape index (κ2) is 5.04. The summed E-state index contributed by atoms with van der Waals surface area (Å²) in [4.78, 5) is -0.112. The quantitative estimate of drug-likeness (QED) is 0.883. The number of nitrogens with two attached hydrogens (primary N) is 1. The molecule has 0 aromatic heterocycles. The third-order valence-corrected chi connectivity index (χ3v) is 5.14. The zero-order chi connectivity index (χ0) is 15.0. The molecule has 1 atom stereocenters. The van der Waals surface area contributed by atoms with E-state index in [0.717, 1.165) is 17.7 Å². The number of ether oxygens (including phenoxy) is 1. The van der Waals surface area contributed by atoms with Crippen molar-refractivity contribution < 1.29 is 17.5 Å². The fourth-order valence-electron chi connectivity index (χ4n) is 2.45. The summed E-state index contributed by atoms with van der Waals surface area (Å²) in [7, 11) is -3.65. The molecule has 0 spiro atoms. The Balaban J connectivity index is 1.82. The van der Waals surface area contributed by atoms with E-state index in [-0.39, 0.29) is 16.3 Å². The molecule has 0 saturated heterocycles. The van der Waals surface area contributed by atoms with Gasteiger partial charge in [0.05, 0.1) is 10.6 Å². The van der Waals surface area contributed by atoms with Crippen LogP contribution in [-0.4, -0.2) is 20.3 Å². The molecule has 2 N–H and O–H groups in total. The molecule has 1 aliphatic heterocycles. The fraction of sp³-hybridized carbons (Fsp3) is 0.200. The maximum Gasteiger partial charge on any atom is 0.182 e. The van der Waals surface area contributed by atoms with Crippen molar-refractivity contribution in [1.29, 1.82) is 0 Å². The van der Waals surface area contributed by atoms with Crippen LogP contribution in [0.15, 0.2) is 47.4 Å². The molecule has 2 aromatic carbocycles. The zero-order valence-electron chi connectivity index (χ0n) is 11.1. The van der Waals surface area contributed by atoms with Crippen LogP contribution in [0.2, 0.25) is 0 Å². The van der Waals surface area contributed by atoms with Crippen molar-refractivity contribution >= 4 is 15.5 Å². The Kier molecular flexibility index (Phi) is 3.33. The average Bonchev–Trinajstić information content (AvgIpc) is 2.78. The maximum absolute atomic E-state index is 13.3. The number of rotatable bonds is 3.